The molecule has 4 aliphatic rings. The number of carbonyl (C=O) groups excluding carboxylic acids is 3. The van der Waals surface area contributed by atoms with Gasteiger partial charge >= 0.3 is 17.9 Å². The maximum Gasteiger partial charge on any atom is 0.303 e. The van der Waals surface area contributed by atoms with Crippen molar-refractivity contribution in [1.82, 2.24) is 0 Å². The minimum absolute atomic E-state index is 0.0241. The van der Waals surface area contributed by atoms with Gasteiger partial charge in [0.25, 0.3) is 0 Å². The zero-order valence-corrected chi connectivity index (χ0v) is 22.1. The summed E-state index contributed by atoms with van der Waals surface area (Å²) in [5.41, 5.74) is 0. The van der Waals surface area contributed by atoms with Crippen LogP contribution in [0.25, 0.3) is 0 Å². The molecule has 0 aliphatic carbocycles. The van der Waals surface area contributed by atoms with Crippen molar-refractivity contribution in [3.8, 4) is 0 Å². The monoisotopic (exact) mass is 532 g/mol. The SMILES string of the molecule is CC(=O)OC[C@H]1O[C@@H](O[C@H]2O[C@H]([C@H]3COC(C)(C)O3)[C@@H]3OC(C)(C)O[C@H]23)C[C@@H](OC(C)=O)[C@@H]1OC(C)=O. The molecule has 9 atom stereocenters. The van der Waals surface area contributed by atoms with Crippen LogP contribution in [-0.2, 0) is 61.8 Å². The van der Waals surface area contributed by atoms with Crippen molar-refractivity contribution in [2.45, 2.75) is 122 Å². The van der Waals surface area contributed by atoms with Crippen LogP contribution in [0, 0.1) is 0 Å². The van der Waals surface area contributed by atoms with E-state index in [0.29, 0.717) is 6.61 Å². The molecule has 4 aliphatic heterocycles. The lowest BCUT2D eigenvalue weighted by Crippen LogP contribution is -2.55. The maximum atomic E-state index is 11.8. The fourth-order valence-electron chi connectivity index (χ4n) is 5.01. The van der Waals surface area contributed by atoms with Gasteiger partial charge in [0.05, 0.1) is 6.61 Å². The van der Waals surface area contributed by atoms with Crippen LogP contribution in [0.2, 0.25) is 0 Å². The van der Waals surface area contributed by atoms with Crippen molar-refractivity contribution in [2.24, 2.45) is 0 Å². The van der Waals surface area contributed by atoms with E-state index in [4.69, 9.17) is 47.4 Å². The van der Waals surface area contributed by atoms with Crippen molar-refractivity contribution in [2.75, 3.05) is 13.2 Å². The molecule has 0 aromatic heterocycles. The highest BCUT2D eigenvalue weighted by atomic mass is 16.8. The first-order valence-electron chi connectivity index (χ1n) is 12.3. The fourth-order valence-corrected chi connectivity index (χ4v) is 5.01. The molecule has 0 bridgehead atoms. The highest BCUT2D eigenvalue weighted by Crippen LogP contribution is 2.43. The average Bonchev–Trinajstić information content (AvgIpc) is 3.38. The summed E-state index contributed by atoms with van der Waals surface area (Å²) in [6.07, 6.45) is -6.85. The standard InChI is InChI=1S/C24H36O13/c1-11(25)28-9-15-18(31-13(3)27)14(30-12(2)26)8-17(32-15)33-22-21-20(36-24(6,7)37-21)19(34-22)16-10-29-23(4,5)35-16/h14-22H,8-10H2,1-7H3/t14-,15-,16-,17+,18+,19-,20+,21+,22+/m1/s1. The predicted octanol–water partition coefficient (Wildman–Crippen LogP) is 0.941. The number of rotatable bonds is 7. The summed E-state index contributed by atoms with van der Waals surface area (Å²) in [4.78, 5) is 35.0. The van der Waals surface area contributed by atoms with E-state index in [1.54, 1.807) is 13.8 Å². The molecular weight excluding hydrogens is 496 g/mol. The van der Waals surface area contributed by atoms with Crippen molar-refractivity contribution >= 4 is 17.9 Å². The molecule has 0 radical (unpaired) electrons. The summed E-state index contributed by atoms with van der Waals surface area (Å²) in [6.45, 7) is 11.0. The summed E-state index contributed by atoms with van der Waals surface area (Å²) >= 11 is 0. The second-order valence-corrected chi connectivity index (χ2v) is 10.4. The van der Waals surface area contributed by atoms with E-state index in [1.807, 2.05) is 13.8 Å². The highest BCUT2D eigenvalue weighted by Gasteiger charge is 2.60. The van der Waals surface area contributed by atoms with Gasteiger partial charge in [-0.05, 0) is 27.7 Å². The third-order valence-electron chi connectivity index (χ3n) is 6.28. The van der Waals surface area contributed by atoms with Gasteiger partial charge in [-0.3, -0.25) is 14.4 Å². The third-order valence-corrected chi connectivity index (χ3v) is 6.28. The summed E-state index contributed by atoms with van der Waals surface area (Å²) < 4.78 is 58.3. The van der Waals surface area contributed by atoms with Gasteiger partial charge in [0.1, 0.15) is 43.2 Å². The Morgan fingerprint density at radius 1 is 0.811 bits per heavy atom. The lowest BCUT2D eigenvalue weighted by molar-refractivity contribution is -0.324. The first kappa shape index (κ1) is 28.1. The third kappa shape index (κ3) is 6.77. The van der Waals surface area contributed by atoms with Gasteiger partial charge in [-0.25, -0.2) is 0 Å². The quantitative estimate of drug-likeness (QED) is 0.339. The van der Waals surface area contributed by atoms with Gasteiger partial charge in [0, 0.05) is 27.2 Å². The second kappa shape index (κ2) is 10.7. The van der Waals surface area contributed by atoms with E-state index in [2.05, 4.69) is 0 Å². The number of fused-ring (bicyclic) bond motifs is 1. The van der Waals surface area contributed by atoms with E-state index in [1.165, 1.54) is 20.8 Å². The Labute approximate surface area is 215 Å². The van der Waals surface area contributed by atoms with Crippen molar-refractivity contribution in [3.63, 3.8) is 0 Å². The van der Waals surface area contributed by atoms with Gasteiger partial charge in [-0.2, -0.15) is 0 Å². The van der Waals surface area contributed by atoms with Crippen LogP contribution < -0.4 is 0 Å². The molecule has 0 aromatic carbocycles. The summed E-state index contributed by atoms with van der Waals surface area (Å²) in [5.74, 6) is -3.40. The predicted molar refractivity (Wildman–Crippen MR) is 119 cm³/mol. The fraction of sp³-hybridized carbons (Fsp3) is 0.875. The van der Waals surface area contributed by atoms with Gasteiger partial charge in [-0.1, -0.05) is 0 Å². The first-order valence-corrected chi connectivity index (χ1v) is 12.3. The normalized spacial score (nSPS) is 40.1. The van der Waals surface area contributed by atoms with E-state index in [-0.39, 0.29) is 13.0 Å². The van der Waals surface area contributed by atoms with Gasteiger partial charge in [-0.15, -0.1) is 0 Å². The minimum atomic E-state index is -1.01. The molecule has 210 valence electrons. The van der Waals surface area contributed by atoms with Crippen LogP contribution in [0.4, 0.5) is 0 Å². The zero-order chi connectivity index (χ0) is 27.1. The van der Waals surface area contributed by atoms with Crippen LogP contribution in [0.15, 0.2) is 0 Å². The summed E-state index contributed by atoms with van der Waals surface area (Å²) in [5, 5.41) is 0. The van der Waals surface area contributed by atoms with Crippen molar-refractivity contribution in [1.29, 1.82) is 0 Å². The Balaban J connectivity index is 1.51. The maximum absolute atomic E-state index is 11.8. The van der Waals surface area contributed by atoms with Gasteiger partial charge in [0.15, 0.2) is 30.3 Å². The number of hydrogen-bond donors (Lipinski definition) is 0. The largest absolute Gasteiger partial charge is 0.463 e. The molecular formula is C24H36O13. The zero-order valence-electron chi connectivity index (χ0n) is 22.1. The molecule has 0 aromatic rings. The van der Waals surface area contributed by atoms with Gasteiger partial charge in [0.2, 0.25) is 0 Å². The topological polar surface area (TPSA) is 144 Å². The molecule has 4 fully saturated rings. The van der Waals surface area contributed by atoms with Gasteiger partial charge < -0.3 is 47.4 Å². The van der Waals surface area contributed by atoms with E-state index in [9.17, 15) is 14.4 Å². The van der Waals surface area contributed by atoms with Crippen molar-refractivity contribution < 1.29 is 61.8 Å². The Morgan fingerprint density at radius 2 is 1.49 bits per heavy atom. The van der Waals surface area contributed by atoms with E-state index < -0.39 is 84.8 Å². The van der Waals surface area contributed by atoms with Crippen LogP contribution in [0.1, 0.15) is 54.9 Å². The molecule has 4 rings (SSSR count). The summed E-state index contributed by atoms with van der Waals surface area (Å²) in [7, 11) is 0. The van der Waals surface area contributed by atoms with Crippen molar-refractivity contribution in [3.05, 3.63) is 0 Å². The van der Waals surface area contributed by atoms with E-state index in [0.717, 1.165) is 0 Å². The number of ether oxygens (including phenoxy) is 10. The Bertz CT molecular complexity index is 873. The van der Waals surface area contributed by atoms with Crippen LogP contribution in [0.3, 0.4) is 0 Å². The number of carbonyl (C=O) groups is 3. The Kier molecular flexibility index (Phi) is 8.15. The van der Waals surface area contributed by atoms with E-state index >= 15 is 0 Å². The first-order chi connectivity index (χ1) is 17.2. The number of hydrogen-bond acceptors (Lipinski definition) is 13. The van der Waals surface area contributed by atoms with Crippen LogP contribution >= 0.6 is 0 Å². The molecule has 0 spiro atoms. The molecule has 4 heterocycles. The smallest absolute Gasteiger partial charge is 0.303 e. The van der Waals surface area contributed by atoms with Crippen LogP contribution in [-0.4, -0.2) is 98.0 Å². The molecule has 37 heavy (non-hydrogen) atoms. The lowest BCUT2D eigenvalue weighted by atomic mass is 10.0. The molecule has 0 N–H and O–H groups in total. The molecule has 13 nitrogen and oxygen atoms in total. The Hall–Kier alpha value is -1.87. The molecule has 4 saturated heterocycles. The summed E-state index contributed by atoms with van der Waals surface area (Å²) in [6, 6.07) is 0. The molecule has 0 unspecified atom stereocenters. The van der Waals surface area contributed by atoms with Crippen LogP contribution in [0.5, 0.6) is 0 Å². The molecule has 0 saturated carbocycles. The highest BCUT2D eigenvalue weighted by molar-refractivity contribution is 5.67. The second-order valence-electron chi connectivity index (χ2n) is 10.4. The molecule has 13 heteroatoms. The Morgan fingerprint density at radius 3 is 2.08 bits per heavy atom. The average molecular weight is 533 g/mol. The minimum Gasteiger partial charge on any atom is -0.463 e. The molecule has 0 amide bonds. The number of esters is 3. The lowest BCUT2D eigenvalue weighted by Gasteiger charge is -2.40.